The molecule has 0 aliphatic heterocycles. The molecule has 10 heteroatoms. The van der Waals surface area contributed by atoms with Crippen molar-refractivity contribution in [2.45, 2.75) is 18.5 Å². The van der Waals surface area contributed by atoms with Crippen molar-refractivity contribution < 1.29 is 44.7 Å². The Labute approximate surface area is 112 Å². The summed E-state index contributed by atoms with van der Waals surface area (Å²) in [4.78, 5) is 11.3. The van der Waals surface area contributed by atoms with Gasteiger partial charge in [-0.25, -0.2) is 8.78 Å². The van der Waals surface area contributed by atoms with E-state index in [4.69, 9.17) is 0 Å². The lowest BCUT2D eigenvalue weighted by atomic mass is 10.1. The SMILES string of the molecule is O=C(COC(C(F)(F)F)C(F)(F)F)c1c(F)cccc1F. The number of hydrogen-bond donors (Lipinski definition) is 0. The highest BCUT2D eigenvalue weighted by atomic mass is 19.4. The average molecular weight is 322 g/mol. The second kappa shape index (κ2) is 5.96. The Bertz CT molecular complexity index is 486. The molecule has 2 nitrogen and oxygen atoms in total. The maximum atomic E-state index is 13.1. The molecule has 0 heterocycles. The molecule has 1 aromatic carbocycles. The molecular formula is C11H6F8O2. The lowest BCUT2D eigenvalue weighted by Crippen LogP contribution is -2.45. The Hall–Kier alpha value is -1.71. The minimum Gasteiger partial charge on any atom is -0.353 e. The molecule has 0 fully saturated rings. The average Bonchev–Trinajstić information content (AvgIpc) is 2.24. The Morgan fingerprint density at radius 1 is 1.00 bits per heavy atom. The Morgan fingerprint density at radius 3 is 1.81 bits per heavy atom. The van der Waals surface area contributed by atoms with E-state index in [1.807, 2.05) is 0 Å². The molecule has 0 saturated heterocycles. The third kappa shape index (κ3) is 4.38. The van der Waals surface area contributed by atoms with Crippen LogP contribution in [-0.2, 0) is 4.74 Å². The van der Waals surface area contributed by atoms with E-state index >= 15 is 0 Å². The maximum Gasteiger partial charge on any atom is 0.423 e. The van der Waals surface area contributed by atoms with Crippen molar-refractivity contribution in [1.29, 1.82) is 0 Å². The summed E-state index contributed by atoms with van der Waals surface area (Å²) in [7, 11) is 0. The van der Waals surface area contributed by atoms with Crippen molar-refractivity contribution in [1.82, 2.24) is 0 Å². The number of carbonyl (C=O) groups is 1. The summed E-state index contributed by atoms with van der Waals surface area (Å²) < 4.78 is 102. The molecule has 118 valence electrons. The standard InChI is InChI=1S/C11H6F8O2/c12-5-2-1-3-6(13)8(5)7(20)4-21-9(10(14,15)16)11(17,18)19/h1-3,9H,4H2. The van der Waals surface area contributed by atoms with Crippen molar-refractivity contribution in [3.8, 4) is 0 Å². The molecule has 1 aromatic rings. The molecule has 0 atom stereocenters. The third-order valence-electron chi connectivity index (χ3n) is 2.22. The molecule has 0 amide bonds. The van der Waals surface area contributed by atoms with Crippen LogP contribution in [0.2, 0.25) is 0 Å². The van der Waals surface area contributed by atoms with Crippen molar-refractivity contribution in [3.05, 3.63) is 35.4 Å². The summed E-state index contributed by atoms with van der Waals surface area (Å²) in [5.74, 6) is -4.51. The molecule has 0 radical (unpaired) electrons. The number of alkyl halides is 6. The fourth-order valence-corrected chi connectivity index (χ4v) is 1.37. The van der Waals surface area contributed by atoms with Crippen molar-refractivity contribution >= 4 is 5.78 Å². The van der Waals surface area contributed by atoms with Crippen LogP contribution in [0.4, 0.5) is 35.1 Å². The van der Waals surface area contributed by atoms with Gasteiger partial charge in [0, 0.05) is 0 Å². The Balaban J connectivity index is 2.89. The molecular weight excluding hydrogens is 316 g/mol. The van der Waals surface area contributed by atoms with E-state index in [2.05, 4.69) is 4.74 Å². The van der Waals surface area contributed by atoms with Crippen LogP contribution in [-0.4, -0.2) is 30.8 Å². The van der Waals surface area contributed by atoms with E-state index < -0.39 is 48.0 Å². The van der Waals surface area contributed by atoms with E-state index in [1.165, 1.54) is 0 Å². The van der Waals surface area contributed by atoms with E-state index in [-0.39, 0.29) is 0 Å². The quantitative estimate of drug-likeness (QED) is 0.625. The van der Waals surface area contributed by atoms with Crippen molar-refractivity contribution in [3.63, 3.8) is 0 Å². The van der Waals surface area contributed by atoms with Gasteiger partial charge in [-0.1, -0.05) is 6.07 Å². The molecule has 0 saturated carbocycles. The molecule has 0 N–H and O–H groups in total. The van der Waals surface area contributed by atoms with Gasteiger partial charge < -0.3 is 4.74 Å². The van der Waals surface area contributed by atoms with Gasteiger partial charge in [-0.3, -0.25) is 4.79 Å². The number of ketones is 1. The Kier molecular flexibility index (Phi) is 4.92. The first kappa shape index (κ1) is 17.3. The third-order valence-corrected chi connectivity index (χ3v) is 2.22. The number of hydrogen-bond acceptors (Lipinski definition) is 2. The van der Waals surface area contributed by atoms with Gasteiger partial charge in [0.25, 0.3) is 0 Å². The zero-order valence-corrected chi connectivity index (χ0v) is 9.86. The van der Waals surface area contributed by atoms with Crippen LogP contribution in [0, 0.1) is 11.6 Å². The van der Waals surface area contributed by atoms with Crippen molar-refractivity contribution in [2.24, 2.45) is 0 Å². The molecule has 0 bridgehead atoms. The van der Waals surface area contributed by atoms with E-state index in [0.717, 1.165) is 6.07 Å². The normalized spacial score (nSPS) is 12.8. The van der Waals surface area contributed by atoms with Crippen LogP contribution < -0.4 is 0 Å². The first-order valence-electron chi connectivity index (χ1n) is 5.17. The minimum absolute atomic E-state index is 0.626. The topological polar surface area (TPSA) is 26.3 Å². The van der Waals surface area contributed by atoms with Gasteiger partial charge in [0.1, 0.15) is 18.2 Å². The van der Waals surface area contributed by atoms with E-state index in [9.17, 15) is 39.9 Å². The molecule has 0 spiro atoms. The summed E-state index contributed by atoms with van der Waals surface area (Å²) >= 11 is 0. The molecule has 0 aliphatic carbocycles. The van der Waals surface area contributed by atoms with Gasteiger partial charge in [-0.05, 0) is 12.1 Å². The first-order chi connectivity index (χ1) is 9.44. The van der Waals surface area contributed by atoms with Gasteiger partial charge >= 0.3 is 12.4 Å². The Morgan fingerprint density at radius 2 is 1.43 bits per heavy atom. The van der Waals surface area contributed by atoms with Gasteiger partial charge in [0.2, 0.25) is 6.10 Å². The predicted octanol–water partition coefficient (Wildman–Crippen LogP) is 3.66. The summed E-state index contributed by atoms with van der Waals surface area (Å²) in [6.07, 6.45) is -15.8. The number of Topliss-reactive ketones (excluding diaryl/α,β-unsaturated/α-hetero) is 1. The smallest absolute Gasteiger partial charge is 0.353 e. The number of ether oxygens (including phenoxy) is 1. The number of carbonyl (C=O) groups excluding carboxylic acids is 1. The lowest BCUT2D eigenvalue weighted by molar-refractivity contribution is -0.319. The summed E-state index contributed by atoms with van der Waals surface area (Å²) in [5.41, 5.74) is -1.26. The zero-order chi connectivity index (χ0) is 16.4. The zero-order valence-electron chi connectivity index (χ0n) is 9.86. The van der Waals surface area contributed by atoms with E-state index in [1.54, 1.807) is 0 Å². The van der Waals surface area contributed by atoms with Crippen LogP contribution in [0.3, 0.4) is 0 Å². The number of benzene rings is 1. The van der Waals surface area contributed by atoms with Crippen LogP contribution in [0.15, 0.2) is 18.2 Å². The predicted molar refractivity (Wildman–Crippen MR) is 52.5 cm³/mol. The fraction of sp³-hybridized carbons (Fsp3) is 0.364. The monoisotopic (exact) mass is 322 g/mol. The van der Waals surface area contributed by atoms with E-state index in [0.29, 0.717) is 12.1 Å². The van der Waals surface area contributed by atoms with Crippen LogP contribution in [0.1, 0.15) is 10.4 Å². The first-order valence-corrected chi connectivity index (χ1v) is 5.17. The van der Waals surface area contributed by atoms with Gasteiger partial charge in [0.15, 0.2) is 5.78 Å². The number of halogens is 8. The molecule has 0 unspecified atom stereocenters. The second-order valence-corrected chi connectivity index (χ2v) is 3.79. The lowest BCUT2D eigenvalue weighted by Gasteiger charge is -2.22. The highest BCUT2D eigenvalue weighted by molar-refractivity contribution is 5.97. The molecule has 21 heavy (non-hydrogen) atoms. The minimum atomic E-state index is -5.81. The molecule has 0 aromatic heterocycles. The second-order valence-electron chi connectivity index (χ2n) is 3.79. The summed E-state index contributed by atoms with van der Waals surface area (Å²) in [6.45, 7) is -1.78. The van der Waals surface area contributed by atoms with Crippen LogP contribution in [0.5, 0.6) is 0 Å². The van der Waals surface area contributed by atoms with Gasteiger partial charge in [-0.15, -0.1) is 0 Å². The highest BCUT2D eigenvalue weighted by Crippen LogP contribution is 2.35. The molecule has 0 aliphatic rings. The van der Waals surface area contributed by atoms with Crippen LogP contribution >= 0.6 is 0 Å². The summed E-state index contributed by atoms with van der Waals surface area (Å²) in [5, 5.41) is 0. The van der Waals surface area contributed by atoms with Gasteiger partial charge in [0.05, 0.1) is 5.56 Å². The molecule has 1 rings (SSSR count). The van der Waals surface area contributed by atoms with Crippen LogP contribution in [0.25, 0.3) is 0 Å². The largest absolute Gasteiger partial charge is 0.423 e. The number of rotatable bonds is 4. The summed E-state index contributed by atoms with van der Waals surface area (Å²) in [6, 6.07) is 2.12. The van der Waals surface area contributed by atoms with Crippen molar-refractivity contribution in [2.75, 3.05) is 6.61 Å². The maximum absolute atomic E-state index is 13.1. The highest BCUT2D eigenvalue weighted by Gasteiger charge is 2.58. The van der Waals surface area contributed by atoms with Gasteiger partial charge in [-0.2, -0.15) is 26.3 Å². The fourth-order valence-electron chi connectivity index (χ4n) is 1.37.